The summed E-state index contributed by atoms with van der Waals surface area (Å²) < 4.78 is 12.6. The molecule has 0 fully saturated rings. The minimum absolute atomic E-state index is 0. The van der Waals surface area contributed by atoms with Gasteiger partial charge in [-0.25, -0.2) is 4.85 Å². The number of rotatable bonds is 4. The van der Waals surface area contributed by atoms with Crippen LogP contribution in [0.3, 0.4) is 0 Å². The molecule has 0 amide bonds. The van der Waals surface area contributed by atoms with Crippen molar-refractivity contribution in [3.63, 3.8) is 0 Å². The number of hydrogen-bond donors (Lipinski definition) is 0. The van der Waals surface area contributed by atoms with E-state index < -0.39 is 8.07 Å². The Bertz CT molecular complexity index is 3720. The first-order valence-electron chi connectivity index (χ1n) is 21.6. The number of pyridine rings is 2. The van der Waals surface area contributed by atoms with E-state index in [1.54, 1.807) is 0 Å². The molecule has 7 aromatic carbocycles. The quantitative estimate of drug-likeness (QED) is 0.130. The van der Waals surface area contributed by atoms with E-state index in [-0.39, 0.29) is 20.1 Å². The fourth-order valence-corrected chi connectivity index (χ4v) is 13.5. The first-order valence-corrected chi connectivity index (χ1v) is 24.6. The Balaban J connectivity index is 0.000000153. The van der Waals surface area contributed by atoms with Gasteiger partial charge in [0, 0.05) is 43.3 Å². The van der Waals surface area contributed by atoms with E-state index in [1.165, 1.54) is 37.8 Å². The Morgan fingerprint density at radius 1 is 0.672 bits per heavy atom. The minimum atomic E-state index is -2.01. The van der Waals surface area contributed by atoms with Crippen molar-refractivity contribution in [2.24, 2.45) is 5.92 Å². The van der Waals surface area contributed by atoms with Gasteiger partial charge >= 0.3 is 0 Å². The third-order valence-electron chi connectivity index (χ3n) is 12.8. The molecule has 11 aromatic rings. The van der Waals surface area contributed by atoms with E-state index in [9.17, 15) is 0 Å². The van der Waals surface area contributed by atoms with Gasteiger partial charge < -0.3 is 18.8 Å². The van der Waals surface area contributed by atoms with E-state index in [4.69, 9.17) is 25.4 Å². The summed E-state index contributed by atoms with van der Waals surface area (Å²) in [6, 6.07) is 49.1. The molecule has 1 aliphatic heterocycles. The number of fused-ring (bicyclic) bond motifs is 12. The minimum Gasteiger partial charge on any atom is -0.501 e. The molecule has 0 unspecified atom stereocenters. The number of hydrogen-bond acceptors (Lipinski definition) is 4. The Morgan fingerprint density at radius 3 is 2.23 bits per heavy atom. The average Bonchev–Trinajstić information content (AvgIpc) is 3.93. The fraction of sp³-hybridized carbons (Fsp3) is 0.140. The number of para-hydroxylation sites is 1. The predicted octanol–water partition coefficient (Wildman–Crippen LogP) is 14.4. The van der Waals surface area contributed by atoms with Crippen LogP contribution >= 0.6 is 0 Å². The first-order chi connectivity index (χ1) is 30.6. The van der Waals surface area contributed by atoms with Crippen LogP contribution in [0.5, 0.6) is 0 Å². The Labute approximate surface area is 387 Å². The number of aromatic nitrogens is 2. The summed E-state index contributed by atoms with van der Waals surface area (Å²) in [5.74, 6) is 0.639. The molecule has 0 saturated carbocycles. The van der Waals surface area contributed by atoms with Gasteiger partial charge in [-0.3, -0.25) is 0 Å². The van der Waals surface area contributed by atoms with E-state index in [1.807, 2.05) is 54.9 Å². The Morgan fingerprint density at radius 2 is 1.42 bits per heavy atom. The van der Waals surface area contributed by atoms with Crippen molar-refractivity contribution in [2.75, 3.05) is 0 Å². The number of benzene rings is 7. The second kappa shape index (κ2) is 15.8. The van der Waals surface area contributed by atoms with E-state index in [0.29, 0.717) is 5.92 Å². The summed E-state index contributed by atoms with van der Waals surface area (Å²) in [5.41, 5.74) is 13.8. The molecule has 0 saturated heterocycles. The summed E-state index contributed by atoms with van der Waals surface area (Å²) in [6.45, 7) is 21.2. The van der Waals surface area contributed by atoms with Crippen LogP contribution in [0, 0.1) is 38.5 Å². The maximum absolute atomic E-state index is 7.75. The summed E-state index contributed by atoms with van der Waals surface area (Å²) in [7, 11) is -2.01. The van der Waals surface area contributed by atoms with Crippen molar-refractivity contribution in [2.45, 2.75) is 47.2 Å². The van der Waals surface area contributed by atoms with Crippen LogP contribution in [0.4, 0.5) is 5.69 Å². The smallest absolute Gasteiger partial charge is 0.194 e. The predicted molar refractivity (Wildman–Crippen MR) is 263 cm³/mol. The molecular weight excluding hydrogens is 979 g/mol. The van der Waals surface area contributed by atoms with E-state index >= 15 is 0 Å². The molecule has 12 rings (SSSR count). The van der Waals surface area contributed by atoms with Crippen LogP contribution in [0.25, 0.3) is 104 Å². The van der Waals surface area contributed by atoms with Crippen LogP contribution < -0.4 is 10.4 Å². The third kappa shape index (κ3) is 6.59. The van der Waals surface area contributed by atoms with Gasteiger partial charge in [0.15, 0.2) is 5.69 Å². The molecule has 313 valence electrons. The van der Waals surface area contributed by atoms with Gasteiger partial charge in [-0.2, -0.15) is 0 Å². The van der Waals surface area contributed by atoms with Gasteiger partial charge in [-0.05, 0) is 104 Å². The molecule has 1 aliphatic rings. The first kappa shape index (κ1) is 41.3. The summed E-state index contributed by atoms with van der Waals surface area (Å²) in [5, 5.41) is 11.9. The van der Waals surface area contributed by atoms with E-state index in [2.05, 4.69) is 137 Å². The fourth-order valence-electron chi connectivity index (χ4n) is 10.0. The monoisotopic (exact) mass is 1020 g/mol. The number of aryl methyl sites for hydroxylation is 2. The number of nitrogens with zero attached hydrogens (tertiary/aromatic N) is 3. The van der Waals surface area contributed by atoms with Crippen molar-refractivity contribution in [3.8, 4) is 33.6 Å². The molecule has 0 aliphatic carbocycles. The van der Waals surface area contributed by atoms with Gasteiger partial charge in [-0.15, -0.1) is 35.9 Å². The SMILES string of the molecule is Cc1ccc2oc3c(-c4nccc5cc(CC(C)C)ccc45)[c-]ccc3c2c1.[C-]#[N+]c1cccc2c1-c1ccc3c(-c4[c-]c(C)cc5c4oc4ccccc45)nccc3c1[Si]2(C)C.[Ir]. The molecule has 7 heteroatoms. The second-order valence-corrected chi connectivity index (χ2v) is 22.1. The van der Waals surface area contributed by atoms with Crippen molar-refractivity contribution in [1.82, 2.24) is 9.97 Å². The van der Waals surface area contributed by atoms with Crippen LogP contribution in [-0.4, -0.2) is 18.0 Å². The van der Waals surface area contributed by atoms with Crippen LogP contribution in [0.15, 0.2) is 143 Å². The van der Waals surface area contributed by atoms with Crippen LogP contribution in [-0.2, 0) is 26.5 Å². The maximum atomic E-state index is 7.75. The zero-order valence-corrected chi connectivity index (χ0v) is 39.9. The molecule has 0 N–H and O–H groups in total. The zero-order chi connectivity index (χ0) is 43.1. The molecular formula is C57H43IrN3O2Si-2. The molecule has 5 nitrogen and oxygen atoms in total. The third-order valence-corrected chi connectivity index (χ3v) is 16.3. The molecule has 0 bridgehead atoms. The molecule has 1 radical (unpaired) electrons. The normalized spacial score (nSPS) is 12.7. The largest absolute Gasteiger partial charge is 0.501 e. The van der Waals surface area contributed by atoms with Crippen molar-refractivity contribution in [3.05, 3.63) is 174 Å². The van der Waals surface area contributed by atoms with Crippen LogP contribution in [0.1, 0.15) is 30.5 Å². The summed E-state index contributed by atoms with van der Waals surface area (Å²) in [4.78, 5) is 13.4. The molecule has 0 atom stereocenters. The van der Waals surface area contributed by atoms with Crippen molar-refractivity contribution in [1.29, 1.82) is 0 Å². The molecule has 64 heavy (non-hydrogen) atoms. The van der Waals surface area contributed by atoms with Gasteiger partial charge in [-0.1, -0.05) is 139 Å². The van der Waals surface area contributed by atoms with Crippen molar-refractivity contribution >= 4 is 89.6 Å². The van der Waals surface area contributed by atoms with Gasteiger partial charge in [0.25, 0.3) is 0 Å². The molecule has 0 spiro atoms. The molecule has 4 aromatic heterocycles. The van der Waals surface area contributed by atoms with Crippen molar-refractivity contribution < 1.29 is 28.9 Å². The molecule has 5 heterocycles. The summed E-state index contributed by atoms with van der Waals surface area (Å²) >= 11 is 0. The number of furan rings is 2. The van der Waals surface area contributed by atoms with Gasteiger partial charge in [0.05, 0.1) is 17.7 Å². The van der Waals surface area contributed by atoms with Gasteiger partial charge in [0.2, 0.25) is 0 Å². The van der Waals surface area contributed by atoms with Gasteiger partial charge in [0.1, 0.15) is 19.2 Å². The second-order valence-electron chi connectivity index (χ2n) is 17.9. The van der Waals surface area contributed by atoms with E-state index in [0.717, 1.165) is 100 Å². The summed E-state index contributed by atoms with van der Waals surface area (Å²) in [6.07, 6.45) is 4.88. The van der Waals surface area contributed by atoms with Crippen LogP contribution in [0.2, 0.25) is 13.1 Å². The average molecular weight is 1020 g/mol. The zero-order valence-electron chi connectivity index (χ0n) is 36.5. The topological polar surface area (TPSA) is 56.4 Å². The Hall–Kier alpha value is -6.68. The maximum Gasteiger partial charge on any atom is 0.194 e. The Kier molecular flexibility index (Phi) is 10.2. The standard InChI is InChI=1S/C31H21N2OSi.C26H22NO.Ir/c1-18-16-23-19-8-5-6-10-26(19)34-30(23)24(17-18)29-20-12-13-22-28-25(32-2)9-7-11-27(28)35(3,4)31(22)21(20)14-15-33-29;1-16(2)13-18-8-9-20-19(15-18)11-12-27-25(20)22-6-4-5-21-23-14-17(3)7-10-24(23)28-26(21)22;/h5-16H,1,3-4H3;4-5,7-12,14-16H,13H2,1-3H3;/q2*-1;.